The Kier molecular flexibility index (Phi) is 4.38. The highest BCUT2D eigenvalue weighted by Crippen LogP contribution is 2.28. The van der Waals surface area contributed by atoms with Crippen molar-refractivity contribution in [2.45, 2.75) is 6.61 Å². The zero-order chi connectivity index (χ0) is 18.8. The van der Waals surface area contributed by atoms with Crippen LogP contribution in [0, 0.1) is 11.6 Å². The fourth-order valence-electron chi connectivity index (χ4n) is 2.87. The van der Waals surface area contributed by atoms with Gasteiger partial charge in [-0.25, -0.2) is 13.8 Å². The van der Waals surface area contributed by atoms with Crippen molar-refractivity contribution in [3.63, 3.8) is 0 Å². The lowest BCUT2D eigenvalue weighted by atomic mass is 10.0. The Morgan fingerprint density at radius 2 is 1.85 bits per heavy atom. The Labute approximate surface area is 153 Å². The van der Waals surface area contributed by atoms with Gasteiger partial charge in [0.25, 0.3) is 0 Å². The van der Waals surface area contributed by atoms with E-state index in [-0.39, 0.29) is 17.9 Å². The van der Waals surface area contributed by atoms with Gasteiger partial charge in [0.05, 0.1) is 5.56 Å². The van der Waals surface area contributed by atoms with Gasteiger partial charge in [-0.15, -0.1) is 0 Å². The predicted octanol–water partition coefficient (Wildman–Crippen LogP) is 4.65. The van der Waals surface area contributed by atoms with Crippen LogP contribution in [-0.4, -0.2) is 15.8 Å². The number of halogens is 2. The molecule has 0 aliphatic carbocycles. The average Bonchev–Trinajstić information content (AvgIpc) is 3.12. The summed E-state index contributed by atoms with van der Waals surface area (Å²) in [5.74, 6) is -2.91. The average molecular weight is 364 g/mol. The highest BCUT2D eigenvalue weighted by atomic mass is 19.1. The Morgan fingerprint density at radius 1 is 1.04 bits per heavy atom. The van der Waals surface area contributed by atoms with Crippen LogP contribution in [0.1, 0.15) is 21.5 Å². The third-order valence-electron chi connectivity index (χ3n) is 4.22. The van der Waals surface area contributed by atoms with Crippen LogP contribution in [0.15, 0.2) is 67.0 Å². The van der Waals surface area contributed by atoms with Crippen LogP contribution in [0.5, 0.6) is 5.75 Å². The fourth-order valence-corrected chi connectivity index (χ4v) is 2.87. The number of aromatic amines is 1. The van der Waals surface area contributed by atoms with Crippen molar-refractivity contribution >= 4 is 16.8 Å². The molecule has 0 unspecified atom stereocenters. The van der Waals surface area contributed by atoms with Gasteiger partial charge in [-0.1, -0.05) is 30.3 Å². The second kappa shape index (κ2) is 6.99. The molecule has 134 valence electrons. The molecule has 4 aromatic rings. The first-order valence-electron chi connectivity index (χ1n) is 8.26. The summed E-state index contributed by atoms with van der Waals surface area (Å²) in [7, 11) is 0. The Morgan fingerprint density at radius 3 is 2.67 bits per heavy atom. The molecule has 27 heavy (non-hydrogen) atoms. The predicted molar refractivity (Wildman–Crippen MR) is 96.7 cm³/mol. The van der Waals surface area contributed by atoms with Crippen molar-refractivity contribution in [1.29, 1.82) is 0 Å². The molecule has 1 N–H and O–H groups in total. The molecule has 2 heterocycles. The molecule has 4 nitrogen and oxygen atoms in total. The molecule has 0 saturated carbocycles. The van der Waals surface area contributed by atoms with Crippen LogP contribution < -0.4 is 4.74 Å². The van der Waals surface area contributed by atoms with Gasteiger partial charge in [-0.3, -0.25) is 4.79 Å². The second-order valence-corrected chi connectivity index (χ2v) is 5.94. The molecular weight excluding hydrogens is 350 g/mol. The summed E-state index contributed by atoms with van der Waals surface area (Å²) in [4.78, 5) is 19.7. The molecule has 0 fully saturated rings. The summed E-state index contributed by atoms with van der Waals surface area (Å²) in [5.41, 5.74) is 0.802. The number of aromatic nitrogens is 2. The number of nitrogens with zero attached hydrogens (tertiary/aromatic N) is 1. The van der Waals surface area contributed by atoms with E-state index < -0.39 is 23.0 Å². The van der Waals surface area contributed by atoms with Crippen LogP contribution in [0.25, 0.3) is 11.0 Å². The molecule has 0 radical (unpaired) electrons. The van der Waals surface area contributed by atoms with E-state index in [0.717, 1.165) is 11.6 Å². The van der Waals surface area contributed by atoms with E-state index in [1.807, 2.05) is 30.3 Å². The van der Waals surface area contributed by atoms with Crippen LogP contribution in [0.4, 0.5) is 8.78 Å². The maximum atomic E-state index is 14.9. The van der Waals surface area contributed by atoms with Crippen molar-refractivity contribution in [2.24, 2.45) is 0 Å². The first-order valence-corrected chi connectivity index (χ1v) is 8.26. The SMILES string of the molecule is O=C(c1c(F)ccc(OCc2ccccc2)c1F)c1c[nH]c2ncccc12. The highest BCUT2D eigenvalue weighted by Gasteiger charge is 2.24. The smallest absolute Gasteiger partial charge is 0.201 e. The van der Waals surface area contributed by atoms with Gasteiger partial charge in [0.15, 0.2) is 11.6 Å². The van der Waals surface area contributed by atoms with E-state index in [4.69, 9.17) is 4.74 Å². The summed E-state index contributed by atoms with van der Waals surface area (Å²) >= 11 is 0. The lowest BCUT2D eigenvalue weighted by molar-refractivity contribution is 0.103. The quantitative estimate of drug-likeness (QED) is 0.525. The number of benzene rings is 2. The number of H-pyrrole nitrogens is 1. The number of hydrogen-bond acceptors (Lipinski definition) is 3. The molecule has 4 rings (SSSR count). The van der Waals surface area contributed by atoms with Gasteiger partial charge in [0.1, 0.15) is 18.1 Å². The molecule has 6 heteroatoms. The molecular formula is C21H14F2N2O2. The van der Waals surface area contributed by atoms with Gasteiger partial charge in [-0.2, -0.15) is 0 Å². The van der Waals surface area contributed by atoms with Crippen molar-refractivity contribution in [3.05, 3.63) is 95.3 Å². The topological polar surface area (TPSA) is 55.0 Å². The minimum absolute atomic E-state index is 0.105. The van der Waals surface area contributed by atoms with Crippen molar-refractivity contribution in [2.75, 3.05) is 0 Å². The summed E-state index contributed by atoms with van der Waals surface area (Å²) in [6.45, 7) is 0.105. The summed E-state index contributed by atoms with van der Waals surface area (Å²) < 4.78 is 34.6. The number of hydrogen-bond donors (Lipinski definition) is 1. The van der Waals surface area contributed by atoms with Crippen molar-refractivity contribution in [1.82, 2.24) is 9.97 Å². The minimum atomic E-state index is -1.02. The summed E-state index contributed by atoms with van der Waals surface area (Å²) in [6.07, 6.45) is 2.96. The number of carbonyl (C=O) groups is 1. The van der Waals surface area contributed by atoms with Gasteiger partial charge < -0.3 is 9.72 Å². The maximum Gasteiger partial charge on any atom is 0.201 e. The number of rotatable bonds is 5. The number of pyridine rings is 1. The number of fused-ring (bicyclic) bond motifs is 1. The van der Waals surface area contributed by atoms with E-state index >= 15 is 0 Å². The maximum absolute atomic E-state index is 14.9. The van der Waals surface area contributed by atoms with Crippen LogP contribution >= 0.6 is 0 Å². The van der Waals surface area contributed by atoms with Gasteiger partial charge >= 0.3 is 0 Å². The van der Waals surface area contributed by atoms with Gasteiger partial charge in [0, 0.05) is 23.3 Å². The minimum Gasteiger partial charge on any atom is -0.486 e. The number of nitrogens with one attached hydrogen (secondary N) is 1. The molecule has 0 atom stereocenters. The van der Waals surface area contributed by atoms with E-state index in [1.165, 1.54) is 12.3 Å². The van der Waals surface area contributed by atoms with E-state index in [0.29, 0.717) is 11.0 Å². The molecule has 0 spiro atoms. The normalized spacial score (nSPS) is 10.9. The standard InChI is InChI=1S/C21H14F2N2O2/c22-16-8-9-17(27-12-13-5-2-1-3-6-13)19(23)18(16)20(26)15-11-25-21-14(15)7-4-10-24-21/h1-11H,12H2,(H,24,25). The lowest BCUT2D eigenvalue weighted by Crippen LogP contribution is -2.09. The first-order chi connectivity index (χ1) is 13.1. The van der Waals surface area contributed by atoms with E-state index in [1.54, 1.807) is 18.3 Å². The van der Waals surface area contributed by atoms with Gasteiger partial charge in [0.2, 0.25) is 5.78 Å². The highest BCUT2D eigenvalue weighted by molar-refractivity contribution is 6.16. The lowest BCUT2D eigenvalue weighted by Gasteiger charge is -2.11. The van der Waals surface area contributed by atoms with Crippen molar-refractivity contribution < 1.29 is 18.3 Å². The molecule has 2 aromatic heterocycles. The van der Waals surface area contributed by atoms with Crippen LogP contribution in [0.2, 0.25) is 0 Å². The second-order valence-electron chi connectivity index (χ2n) is 5.94. The van der Waals surface area contributed by atoms with Crippen LogP contribution in [0.3, 0.4) is 0 Å². The molecule has 0 aliphatic rings. The van der Waals surface area contributed by atoms with Gasteiger partial charge in [-0.05, 0) is 29.8 Å². The number of ether oxygens (including phenoxy) is 1. The number of ketones is 1. The van der Waals surface area contributed by atoms with Crippen molar-refractivity contribution in [3.8, 4) is 5.75 Å². The largest absolute Gasteiger partial charge is 0.486 e. The monoisotopic (exact) mass is 364 g/mol. The molecule has 0 saturated heterocycles. The Hall–Kier alpha value is -3.54. The molecule has 0 aliphatic heterocycles. The molecule has 0 bridgehead atoms. The third kappa shape index (κ3) is 3.17. The zero-order valence-electron chi connectivity index (χ0n) is 14.1. The third-order valence-corrected chi connectivity index (χ3v) is 4.22. The summed E-state index contributed by atoms with van der Waals surface area (Å²) in [6, 6.07) is 14.7. The van der Waals surface area contributed by atoms with E-state index in [9.17, 15) is 13.6 Å². The Bertz CT molecular complexity index is 1120. The van der Waals surface area contributed by atoms with E-state index in [2.05, 4.69) is 9.97 Å². The number of carbonyl (C=O) groups excluding carboxylic acids is 1. The fraction of sp³-hybridized carbons (Fsp3) is 0.0476. The Balaban J connectivity index is 1.69. The molecule has 0 amide bonds. The first kappa shape index (κ1) is 16.9. The van der Waals surface area contributed by atoms with Crippen LogP contribution in [-0.2, 0) is 6.61 Å². The summed E-state index contributed by atoms with van der Waals surface area (Å²) in [5, 5.41) is 0.497. The zero-order valence-corrected chi connectivity index (χ0v) is 14.1. The molecule has 2 aromatic carbocycles.